The summed E-state index contributed by atoms with van der Waals surface area (Å²) in [5, 5.41) is 15.5. The van der Waals surface area contributed by atoms with Gasteiger partial charge in [-0.15, -0.1) is 5.11 Å². The summed E-state index contributed by atoms with van der Waals surface area (Å²) in [6.07, 6.45) is -4.61. The third-order valence-electron chi connectivity index (χ3n) is 3.40. The number of alkyl halides is 3. The molecule has 0 unspecified atom stereocenters. The first-order valence-electron chi connectivity index (χ1n) is 7.11. The molecule has 0 bridgehead atoms. The van der Waals surface area contributed by atoms with Crippen molar-refractivity contribution in [3.63, 3.8) is 0 Å². The first kappa shape index (κ1) is 16.7. The van der Waals surface area contributed by atoms with Crippen molar-refractivity contribution in [2.75, 3.05) is 26.3 Å². The number of H-pyrrole nitrogens is 1. The van der Waals surface area contributed by atoms with E-state index in [2.05, 4.69) is 15.4 Å². The Morgan fingerprint density at radius 2 is 1.83 bits per heavy atom. The molecule has 1 saturated heterocycles. The largest absolute Gasteiger partial charge is 0.435 e. The van der Waals surface area contributed by atoms with E-state index in [0.29, 0.717) is 36.9 Å². The zero-order valence-electron chi connectivity index (χ0n) is 12.3. The lowest BCUT2D eigenvalue weighted by atomic mass is 10.1. The lowest BCUT2D eigenvalue weighted by Gasteiger charge is -2.22. The molecule has 1 aromatic carbocycles. The van der Waals surface area contributed by atoms with E-state index in [1.807, 2.05) is 5.10 Å². The Morgan fingerprint density at radius 3 is 2.46 bits per heavy atom. The number of nitrogens with one attached hydrogen (secondary N) is 1. The van der Waals surface area contributed by atoms with Gasteiger partial charge < -0.3 is 4.74 Å². The average Bonchev–Trinajstić information content (AvgIpc) is 2.99. The molecular weight excluding hydrogens is 347 g/mol. The molecule has 0 spiro atoms. The molecule has 10 heteroatoms. The number of nitrogens with zero attached hydrogens (tertiary/aromatic N) is 4. The van der Waals surface area contributed by atoms with Crippen molar-refractivity contribution in [1.82, 2.24) is 15.2 Å². The van der Waals surface area contributed by atoms with Gasteiger partial charge in [0.05, 0.1) is 26.3 Å². The van der Waals surface area contributed by atoms with E-state index in [9.17, 15) is 13.2 Å². The van der Waals surface area contributed by atoms with E-state index in [1.165, 1.54) is 0 Å². The normalized spacial score (nSPS) is 16.1. The van der Waals surface area contributed by atoms with Crippen LogP contribution in [0, 0.1) is 0 Å². The van der Waals surface area contributed by atoms with E-state index >= 15 is 0 Å². The SMILES string of the molecule is FC(F)(F)c1[nH]nc(-c2ccc(Cl)cc2)c1N=NN1CCOCC1. The highest BCUT2D eigenvalue weighted by Crippen LogP contribution is 2.40. The lowest BCUT2D eigenvalue weighted by molar-refractivity contribution is -0.140. The number of benzene rings is 1. The Balaban J connectivity index is 1.98. The van der Waals surface area contributed by atoms with Crippen molar-refractivity contribution in [2.24, 2.45) is 10.3 Å². The van der Waals surface area contributed by atoms with Gasteiger partial charge in [-0.05, 0) is 12.1 Å². The van der Waals surface area contributed by atoms with Crippen LogP contribution >= 0.6 is 11.6 Å². The zero-order valence-corrected chi connectivity index (χ0v) is 13.1. The highest BCUT2D eigenvalue weighted by molar-refractivity contribution is 6.30. The predicted octanol–water partition coefficient (Wildman–Crippen LogP) is 4.08. The smallest absolute Gasteiger partial charge is 0.378 e. The van der Waals surface area contributed by atoms with E-state index in [-0.39, 0.29) is 11.4 Å². The van der Waals surface area contributed by atoms with Crippen molar-refractivity contribution >= 4 is 17.3 Å². The van der Waals surface area contributed by atoms with Crippen molar-refractivity contribution < 1.29 is 17.9 Å². The number of hydrogen-bond acceptors (Lipinski definition) is 4. The monoisotopic (exact) mass is 359 g/mol. The van der Waals surface area contributed by atoms with Gasteiger partial charge in [0.2, 0.25) is 0 Å². The molecule has 2 aromatic rings. The van der Waals surface area contributed by atoms with Crippen LogP contribution < -0.4 is 0 Å². The summed E-state index contributed by atoms with van der Waals surface area (Å²) in [4.78, 5) is 0. The second kappa shape index (κ2) is 6.78. The van der Waals surface area contributed by atoms with E-state index < -0.39 is 11.9 Å². The van der Waals surface area contributed by atoms with Crippen molar-refractivity contribution in [3.8, 4) is 11.3 Å². The maximum atomic E-state index is 13.2. The van der Waals surface area contributed by atoms with Crippen molar-refractivity contribution in [3.05, 3.63) is 35.0 Å². The second-order valence-electron chi connectivity index (χ2n) is 5.06. The van der Waals surface area contributed by atoms with Crippen molar-refractivity contribution in [1.29, 1.82) is 0 Å². The quantitative estimate of drug-likeness (QED) is 0.840. The molecule has 0 atom stereocenters. The number of aromatic amines is 1. The molecule has 1 N–H and O–H groups in total. The fourth-order valence-corrected chi connectivity index (χ4v) is 2.32. The van der Waals surface area contributed by atoms with Gasteiger partial charge in [0.1, 0.15) is 11.4 Å². The molecule has 3 rings (SSSR count). The predicted molar refractivity (Wildman–Crippen MR) is 80.9 cm³/mol. The minimum atomic E-state index is -4.61. The fraction of sp³-hybridized carbons (Fsp3) is 0.357. The van der Waals surface area contributed by atoms with E-state index in [4.69, 9.17) is 16.3 Å². The summed E-state index contributed by atoms with van der Waals surface area (Å²) in [5.41, 5.74) is -0.862. The van der Waals surface area contributed by atoms with Crippen LogP contribution in [-0.4, -0.2) is 41.5 Å². The van der Waals surface area contributed by atoms with Gasteiger partial charge in [-0.1, -0.05) is 29.0 Å². The van der Waals surface area contributed by atoms with Crippen LogP contribution in [0.5, 0.6) is 0 Å². The van der Waals surface area contributed by atoms with Gasteiger partial charge in [0, 0.05) is 10.6 Å². The molecule has 0 radical (unpaired) electrons. The third kappa shape index (κ3) is 3.68. The van der Waals surface area contributed by atoms with Crippen molar-refractivity contribution in [2.45, 2.75) is 6.18 Å². The number of rotatable bonds is 3. The fourth-order valence-electron chi connectivity index (χ4n) is 2.19. The Kier molecular flexibility index (Phi) is 4.72. The molecule has 1 aromatic heterocycles. The number of aromatic nitrogens is 2. The summed E-state index contributed by atoms with van der Waals surface area (Å²) in [5.74, 6) is 0. The molecule has 0 amide bonds. The summed E-state index contributed by atoms with van der Waals surface area (Å²) in [7, 11) is 0. The number of hydrogen-bond donors (Lipinski definition) is 1. The Morgan fingerprint density at radius 1 is 1.17 bits per heavy atom. The highest BCUT2D eigenvalue weighted by atomic mass is 35.5. The summed E-state index contributed by atoms with van der Waals surface area (Å²) < 4.78 is 44.7. The Hall–Kier alpha value is -2.13. The topological polar surface area (TPSA) is 65.9 Å². The van der Waals surface area contributed by atoms with Crippen LogP contribution in [-0.2, 0) is 10.9 Å². The Bertz CT molecular complexity index is 723. The molecule has 0 saturated carbocycles. The summed E-state index contributed by atoms with van der Waals surface area (Å²) in [6.45, 7) is 1.86. The van der Waals surface area contributed by atoms with Gasteiger partial charge >= 0.3 is 6.18 Å². The van der Waals surface area contributed by atoms with E-state index in [0.717, 1.165) is 0 Å². The summed E-state index contributed by atoms with van der Waals surface area (Å²) >= 11 is 5.81. The van der Waals surface area contributed by atoms with Crippen LogP contribution in [0.15, 0.2) is 34.6 Å². The van der Waals surface area contributed by atoms with Crippen LogP contribution in [0.2, 0.25) is 5.02 Å². The van der Waals surface area contributed by atoms with Crippen LogP contribution in [0.1, 0.15) is 5.69 Å². The number of morpholine rings is 1. The van der Waals surface area contributed by atoms with Crippen LogP contribution in [0.3, 0.4) is 0 Å². The zero-order chi connectivity index (χ0) is 17.2. The molecule has 128 valence electrons. The van der Waals surface area contributed by atoms with Gasteiger partial charge in [-0.2, -0.15) is 18.3 Å². The maximum Gasteiger partial charge on any atom is 0.435 e. The number of halogens is 4. The molecule has 1 fully saturated rings. The van der Waals surface area contributed by atoms with E-state index in [1.54, 1.807) is 29.3 Å². The Labute approximate surface area is 140 Å². The molecule has 1 aliphatic rings. The van der Waals surface area contributed by atoms with Crippen LogP contribution in [0.25, 0.3) is 11.3 Å². The molecule has 24 heavy (non-hydrogen) atoms. The van der Waals surface area contributed by atoms with Gasteiger partial charge in [-0.3, -0.25) is 10.1 Å². The molecule has 6 nitrogen and oxygen atoms in total. The maximum absolute atomic E-state index is 13.2. The minimum absolute atomic E-state index is 0.0657. The standard InChI is InChI=1S/C14H13ClF3N5O/c15-10-3-1-9(2-4-10)11-12(13(21-19-11)14(16,17)18)20-22-23-5-7-24-8-6-23/h1-4H,5-8H2,(H,19,21). The number of ether oxygens (including phenoxy) is 1. The lowest BCUT2D eigenvalue weighted by Crippen LogP contribution is -2.31. The third-order valence-corrected chi connectivity index (χ3v) is 3.65. The molecule has 0 aliphatic carbocycles. The first-order valence-corrected chi connectivity index (χ1v) is 7.49. The summed E-state index contributed by atoms with van der Waals surface area (Å²) in [6, 6.07) is 6.29. The van der Waals surface area contributed by atoms with Gasteiger partial charge in [-0.25, -0.2) is 0 Å². The van der Waals surface area contributed by atoms with Gasteiger partial charge in [0.15, 0.2) is 5.69 Å². The second-order valence-corrected chi connectivity index (χ2v) is 5.49. The minimum Gasteiger partial charge on any atom is -0.378 e. The van der Waals surface area contributed by atoms with Gasteiger partial charge in [0.25, 0.3) is 0 Å². The molecular formula is C14H13ClF3N5O. The first-order chi connectivity index (χ1) is 11.4. The van der Waals surface area contributed by atoms with Crippen LogP contribution in [0.4, 0.5) is 18.9 Å². The highest BCUT2D eigenvalue weighted by Gasteiger charge is 2.38. The average molecular weight is 360 g/mol. The molecule has 2 heterocycles. The molecule has 1 aliphatic heterocycles.